The first-order chi connectivity index (χ1) is 7.66. The first kappa shape index (κ1) is 10.8. The normalized spacial score (nSPS) is 10.1. The molecule has 0 atom stereocenters. The average molecular weight is 284 g/mol. The summed E-state index contributed by atoms with van der Waals surface area (Å²) in [6.45, 7) is 0. The maximum absolute atomic E-state index is 13.3. The van der Waals surface area contributed by atoms with Crippen LogP contribution in [0.5, 0.6) is 0 Å². The standard InChI is InChI=1S/C10H7BrFN3O/c11-6-1-2-7(12)9(5-6)14-10(16)8-3-4-13-15-8/h1-5H,(H,13,15)(H,14,16). The van der Waals surface area contributed by atoms with E-state index in [0.717, 1.165) is 0 Å². The summed E-state index contributed by atoms with van der Waals surface area (Å²) < 4.78 is 14.0. The van der Waals surface area contributed by atoms with E-state index in [4.69, 9.17) is 0 Å². The molecule has 2 N–H and O–H groups in total. The third-order valence-corrected chi connectivity index (χ3v) is 2.42. The Morgan fingerprint density at radius 2 is 2.25 bits per heavy atom. The summed E-state index contributed by atoms with van der Waals surface area (Å²) in [5.41, 5.74) is 0.397. The molecule has 0 unspecified atom stereocenters. The number of nitrogens with zero attached hydrogens (tertiary/aromatic N) is 1. The lowest BCUT2D eigenvalue weighted by molar-refractivity contribution is 0.102. The molecule has 0 aliphatic rings. The number of halogens is 2. The Bertz CT molecular complexity index is 513. The zero-order valence-corrected chi connectivity index (χ0v) is 9.58. The fraction of sp³-hybridized carbons (Fsp3) is 0. The Morgan fingerprint density at radius 3 is 2.94 bits per heavy atom. The maximum Gasteiger partial charge on any atom is 0.273 e. The molecule has 0 saturated heterocycles. The van der Waals surface area contributed by atoms with Gasteiger partial charge in [-0.3, -0.25) is 9.89 Å². The minimum atomic E-state index is -0.490. The number of rotatable bonds is 2. The molecular weight excluding hydrogens is 277 g/mol. The molecule has 4 nitrogen and oxygen atoms in total. The largest absolute Gasteiger partial charge is 0.318 e. The van der Waals surface area contributed by atoms with Crippen molar-refractivity contribution in [1.29, 1.82) is 0 Å². The molecule has 2 aromatic rings. The molecule has 0 bridgehead atoms. The number of nitrogens with one attached hydrogen (secondary N) is 2. The van der Waals surface area contributed by atoms with Gasteiger partial charge in [0.05, 0.1) is 5.69 Å². The van der Waals surface area contributed by atoms with Crippen LogP contribution in [0.2, 0.25) is 0 Å². The number of hydrogen-bond acceptors (Lipinski definition) is 2. The minimum absolute atomic E-state index is 0.119. The summed E-state index contributed by atoms with van der Waals surface area (Å²) in [4.78, 5) is 11.6. The highest BCUT2D eigenvalue weighted by Gasteiger charge is 2.10. The highest BCUT2D eigenvalue weighted by atomic mass is 79.9. The molecule has 0 saturated carbocycles. The number of H-pyrrole nitrogens is 1. The predicted octanol–water partition coefficient (Wildman–Crippen LogP) is 2.56. The topological polar surface area (TPSA) is 57.8 Å². The molecule has 1 aromatic carbocycles. The van der Waals surface area contributed by atoms with E-state index in [-0.39, 0.29) is 11.4 Å². The van der Waals surface area contributed by atoms with Crippen LogP contribution < -0.4 is 5.32 Å². The van der Waals surface area contributed by atoms with Crippen molar-refractivity contribution in [2.45, 2.75) is 0 Å². The summed E-state index contributed by atoms with van der Waals surface area (Å²) >= 11 is 3.20. The fourth-order valence-electron chi connectivity index (χ4n) is 1.17. The van der Waals surface area contributed by atoms with E-state index in [1.54, 1.807) is 6.07 Å². The van der Waals surface area contributed by atoms with Gasteiger partial charge < -0.3 is 5.32 Å². The Kier molecular flexibility index (Phi) is 3.00. The van der Waals surface area contributed by atoms with Gasteiger partial charge in [-0.05, 0) is 24.3 Å². The van der Waals surface area contributed by atoms with Gasteiger partial charge in [-0.15, -0.1) is 0 Å². The molecule has 0 fully saturated rings. The van der Waals surface area contributed by atoms with Crippen LogP contribution in [-0.2, 0) is 0 Å². The number of amides is 1. The minimum Gasteiger partial charge on any atom is -0.318 e. The SMILES string of the molecule is O=C(Nc1cc(Br)ccc1F)c1ccn[nH]1. The van der Waals surface area contributed by atoms with Crippen LogP contribution in [-0.4, -0.2) is 16.1 Å². The van der Waals surface area contributed by atoms with Gasteiger partial charge in [0.25, 0.3) is 5.91 Å². The highest BCUT2D eigenvalue weighted by Crippen LogP contribution is 2.20. The molecule has 16 heavy (non-hydrogen) atoms. The molecule has 0 aliphatic heterocycles. The Balaban J connectivity index is 2.21. The van der Waals surface area contributed by atoms with Gasteiger partial charge in [-0.2, -0.15) is 5.10 Å². The van der Waals surface area contributed by atoms with Crippen LogP contribution in [0, 0.1) is 5.82 Å². The zero-order valence-electron chi connectivity index (χ0n) is 8.00. The van der Waals surface area contributed by atoms with Crippen LogP contribution in [0.1, 0.15) is 10.5 Å². The van der Waals surface area contributed by atoms with Gasteiger partial charge in [0.2, 0.25) is 0 Å². The van der Waals surface area contributed by atoms with E-state index < -0.39 is 11.7 Å². The van der Waals surface area contributed by atoms with E-state index in [2.05, 4.69) is 31.4 Å². The average Bonchev–Trinajstić information content (AvgIpc) is 2.76. The molecule has 0 aliphatic carbocycles. The lowest BCUT2D eigenvalue weighted by Gasteiger charge is -2.05. The molecule has 1 aromatic heterocycles. The molecule has 1 amide bonds. The molecule has 0 spiro atoms. The van der Waals surface area contributed by atoms with Crippen molar-refractivity contribution in [1.82, 2.24) is 10.2 Å². The number of benzene rings is 1. The summed E-state index contributed by atoms with van der Waals surface area (Å²) in [6, 6.07) is 5.82. The molecule has 82 valence electrons. The van der Waals surface area contributed by atoms with E-state index in [0.29, 0.717) is 4.47 Å². The third-order valence-electron chi connectivity index (χ3n) is 1.92. The van der Waals surface area contributed by atoms with Gasteiger partial charge in [0.15, 0.2) is 0 Å². The Hall–Kier alpha value is -1.69. The van der Waals surface area contributed by atoms with Crippen LogP contribution in [0.3, 0.4) is 0 Å². The van der Waals surface area contributed by atoms with Crippen LogP contribution in [0.4, 0.5) is 10.1 Å². The number of carbonyl (C=O) groups is 1. The van der Waals surface area contributed by atoms with Crippen LogP contribution >= 0.6 is 15.9 Å². The van der Waals surface area contributed by atoms with E-state index in [9.17, 15) is 9.18 Å². The van der Waals surface area contributed by atoms with Crippen molar-refractivity contribution in [2.24, 2.45) is 0 Å². The number of aromatic nitrogens is 2. The molecule has 0 radical (unpaired) electrons. The van der Waals surface area contributed by atoms with Crippen molar-refractivity contribution >= 4 is 27.5 Å². The number of hydrogen-bond donors (Lipinski definition) is 2. The van der Waals surface area contributed by atoms with E-state index >= 15 is 0 Å². The van der Waals surface area contributed by atoms with Crippen molar-refractivity contribution in [3.63, 3.8) is 0 Å². The van der Waals surface area contributed by atoms with Gasteiger partial charge in [0, 0.05) is 10.7 Å². The third kappa shape index (κ3) is 2.27. The van der Waals surface area contributed by atoms with Crippen molar-refractivity contribution < 1.29 is 9.18 Å². The quantitative estimate of drug-likeness (QED) is 0.890. The molecule has 2 rings (SSSR count). The van der Waals surface area contributed by atoms with Gasteiger partial charge in [0.1, 0.15) is 11.5 Å². The maximum atomic E-state index is 13.3. The second-order valence-electron chi connectivity index (χ2n) is 3.05. The second-order valence-corrected chi connectivity index (χ2v) is 3.96. The molecule has 1 heterocycles. The van der Waals surface area contributed by atoms with Gasteiger partial charge >= 0.3 is 0 Å². The van der Waals surface area contributed by atoms with Crippen molar-refractivity contribution in [3.05, 3.63) is 46.4 Å². The van der Waals surface area contributed by atoms with Crippen molar-refractivity contribution in [3.8, 4) is 0 Å². The second kappa shape index (κ2) is 4.44. The Labute approximate surface area is 99.0 Å². The lowest BCUT2D eigenvalue weighted by Crippen LogP contribution is -2.13. The molecule has 6 heteroatoms. The monoisotopic (exact) mass is 283 g/mol. The predicted molar refractivity (Wildman–Crippen MR) is 60.6 cm³/mol. The smallest absolute Gasteiger partial charge is 0.273 e. The highest BCUT2D eigenvalue weighted by molar-refractivity contribution is 9.10. The number of carbonyl (C=O) groups excluding carboxylic acids is 1. The van der Waals surface area contributed by atoms with Crippen LogP contribution in [0.15, 0.2) is 34.9 Å². The number of anilines is 1. The van der Waals surface area contributed by atoms with Crippen LogP contribution in [0.25, 0.3) is 0 Å². The van der Waals surface area contributed by atoms with Crippen molar-refractivity contribution in [2.75, 3.05) is 5.32 Å². The first-order valence-electron chi connectivity index (χ1n) is 4.42. The fourth-order valence-corrected chi connectivity index (χ4v) is 1.53. The lowest BCUT2D eigenvalue weighted by atomic mass is 10.3. The van der Waals surface area contributed by atoms with Gasteiger partial charge in [-0.1, -0.05) is 15.9 Å². The number of aromatic amines is 1. The summed E-state index contributed by atoms with van der Waals surface area (Å²) in [6.07, 6.45) is 1.45. The zero-order chi connectivity index (χ0) is 11.5. The molecular formula is C10H7BrFN3O. The van der Waals surface area contributed by atoms with Gasteiger partial charge in [-0.25, -0.2) is 4.39 Å². The Morgan fingerprint density at radius 1 is 1.44 bits per heavy atom. The summed E-state index contributed by atoms with van der Waals surface area (Å²) in [5, 5.41) is 8.57. The van der Waals surface area contributed by atoms with E-state index in [1.165, 1.54) is 24.4 Å². The first-order valence-corrected chi connectivity index (χ1v) is 5.22. The summed E-state index contributed by atoms with van der Waals surface area (Å²) in [5.74, 6) is -0.925. The summed E-state index contributed by atoms with van der Waals surface area (Å²) in [7, 11) is 0. The van der Waals surface area contributed by atoms with E-state index in [1.807, 2.05) is 0 Å².